The number of ketones is 1. The highest BCUT2D eigenvalue weighted by Crippen LogP contribution is 2.22. The number of ether oxygens (including phenoxy) is 2. The Bertz CT molecular complexity index is 471. The Morgan fingerprint density at radius 3 is 2.58 bits per heavy atom. The highest BCUT2D eigenvalue weighted by atomic mass is 16.5. The molecule has 1 aromatic carbocycles. The molecule has 0 aliphatic carbocycles. The Morgan fingerprint density at radius 2 is 2.05 bits per heavy atom. The number of rotatable bonds is 6. The highest BCUT2D eigenvalue weighted by molar-refractivity contribution is 5.94. The molecule has 104 valence electrons. The van der Waals surface area contributed by atoms with Crippen LogP contribution in [0.25, 0.3) is 0 Å². The van der Waals surface area contributed by atoms with Gasteiger partial charge >= 0.3 is 5.97 Å². The molecular weight excluding hydrogens is 246 g/mol. The number of Topliss-reactive ketones (excluding diaryl/α,β-unsaturated/α-hetero) is 1. The zero-order valence-electron chi connectivity index (χ0n) is 11.4. The van der Waals surface area contributed by atoms with Crippen molar-refractivity contribution in [3.8, 4) is 5.75 Å². The average Bonchev–Trinajstić information content (AvgIpc) is 2.39. The lowest BCUT2D eigenvalue weighted by atomic mass is 10.0. The number of methoxy groups -OCH3 is 1. The minimum Gasteiger partial charge on any atom is -0.494 e. The lowest BCUT2D eigenvalue weighted by Crippen LogP contribution is -2.33. The van der Waals surface area contributed by atoms with Crippen molar-refractivity contribution >= 4 is 11.8 Å². The molecule has 2 N–H and O–H groups in total. The largest absolute Gasteiger partial charge is 0.494 e. The number of benzene rings is 1. The van der Waals surface area contributed by atoms with E-state index in [1.165, 1.54) is 14.0 Å². The van der Waals surface area contributed by atoms with Gasteiger partial charge in [-0.05, 0) is 37.6 Å². The van der Waals surface area contributed by atoms with E-state index < -0.39 is 12.0 Å². The van der Waals surface area contributed by atoms with Gasteiger partial charge in [0.1, 0.15) is 11.8 Å². The van der Waals surface area contributed by atoms with Crippen LogP contribution in [-0.4, -0.2) is 31.5 Å². The predicted octanol–water partition coefficient (Wildman–Crippen LogP) is 1.33. The Balaban J connectivity index is 3.03. The summed E-state index contributed by atoms with van der Waals surface area (Å²) in [6, 6.07) is 4.35. The van der Waals surface area contributed by atoms with Gasteiger partial charge in [-0.2, -0.15) is 0 Å². The lowest BCUT2D eigenvalue weighted by molar-refractivity contribution is -0.142. The second-order valence-electron chi connectivity index (χ2n) is 4.15. The van der Waals surface area contributed by atoms with Gasteiger partial charge in [-0.15, -0.1) is 0 Å². The SMILES string of the molecule is CCOc1ccc(C(C)=O)cc1CC(N)C(=O)OC. The molecule has 5 heteroatoms. The van der Waals surface area contributed by atoms with Crippen molar-refractivity contribution in [1.82, 2.24) is 0 Å². The summed E-state index contributed by atoms with van der Waals surface area (Å²) in [5.74, 6) is 0.0958. The van der Waals surface area contributed by atoms with Gasteiger partial charge in [0, 0.05) is 12.0 Å². The van der Waals surface area contributed by atoms with E-state index in [9.17, 15) is 9.59 Å². The van der Waals surface area contributed by atoms with Crippen molar-refractivity contribution in [2.45, 2.75) is 26.3 Å². The van der Waals surface area contributed by atoms with Crippen molar-refractivity contribution in [2.24, 2.45) is 5.73 Å². The van der Waals surface area contributed by atoms with Gasteiger partial charge in [-0.25, -0.2) is 0 Å². The quantitative estimate of drug-likeness (QED) is 0.620. The third-order valence-corrected chi connectivity index (χ3v) is 2.71. The van der Waals surface area contributed by atoms with E-state index in [0.29, 0.717) is 17.9 Å². The van der Waals surface area contributed by atoms with E-state index in [1.807, 2.05) is 6.92 Å². The van der Waals surface area contributed by atoms with E-state index in [0.717, 1.165) is 5.56 Å². The summed E-state index contributed by atoms with van der Waals surface area (Å²) in [6.07, 6.45) is 0.267. The number of carbonyl (C=O) groups excluding carboxylic acids is 2. The fraction of sp³-hybridized carbons (Fsp3) is 0.429. The second kappa shape index (κ2) is 6.89. The maximum absolute atomic E-state index is 11.4. The number of nitrogens with two attached hydrogens (primary N) is 1. The minimum absolute atomic E-state index is 0.0454. The molecule has 0 aromatic heterocycles. The monoisotopic (exact) mass is 265 g/mol. The fourth-order valence-electron chi connectivity index (χ4n) is 1.73. The second-order valence-corrected chi connectivity index (χ2v) is 4.15. The van der Waals surface area contributed by atoms with Crippen LogP contribution < -0.4 is 10.5 Å². The van der Waals surface area contributed by atoms with Crippen LogP contribution in [0.4, 0.5) is 0 Å². The molecule has 1 unspecified atom stereocenters. The van der Waals surface area contributed by atoms with Crippen molar-refractivity contribution in [2.75, 3.05) is 13.7 Å². The first-order valence-electron chi connectivity index (χ1n) is 6.09. The van der Waals surface area contributed by atoms with Gasteiger partial charge in [-0.1, -0.05) is 0 Å². The molecule has 0 heterocycles. The Morgan fingerprint density at radius 1 is 1.37 bits per heavy atom. The third kappa shape index (κ3) is 4.06. The van der Waals surface area contributed by atoms with Crippen LogP contribution >= 0.6 is 0 Å². The van der Waals surface area contributed by atoms with Crippen LogP contribution in [0.5, 0.6) is 5.75 Å². The van der Waals surface area contributed by atoms with E-state index in [4.69, 9.17) is 10.5 Å². The molecule has 0 saturated carbocycles. The van der Waals surface area contributed by atoms with Crippen LogP contribution in [0.1, 0.15) is 29.8 Å². The van der Waals surface area contributed by atoms with Gasteiger partial charge in [0.2, 0.25) is 0 Å². The molecule has 5 nitrogen and oxygen atoms in total. The minimum atomic E-state index is -0.772. The Kier molecular flexibility index (Phi) is 5.51. The van der Waals surface area contributed by atoms with Crippen LogP contribution in [0, 0.1) is 0 Å². The smallest absolute Gasteiger partial charge is 0.322 e. The summed E-state index contributed by atoms with van der Waals surface area (Å²) in [6.45, 7) is 3.85. The van der Waals surface area contributed by atoms with Gasteiger partial charge in [-0.3, -0.25) is 9.59 Å². The Hall–Kier alpha value is -1.88. The normalized spacial score (nSPS) is 11.8. The van der Waals surface area contributed by atoms with Gasteiger partial charge in [0.05, 0.1) is 13.7 Å². The molecule has 0 saturated heterocycles. The van der Waals surface area contributed by atoms with Crippen molar-refractivity contribution < 1.29 is 19.1 Å². The molecule has 19 heavy (non-hydrogen) atoms. The molecule has 1 rings (SSSR count). The average molecular weight is 265 g/mol. The van der Waals surface area contributed by atoms with Gasteiger partial charge in [0.25, 0.3) is 0 Å². The first kappa shape index (κ1) is 15.2. The van der Waals surface area contributed by atoms with E-state index in [2.05, 4.69) is 4.74 Å². The predicted molar refractivity (Wildman–Crippen MR) is 71.3 cm³/mol. The topological polar surface area (TPSA) is 78.6 Å². The van der Waals surface area contributed by atoms with Crippen molar-refractivity contribution in [3.05, 3.63) is 29.3 Å². The molecule has 0 amide bonds. The Labute approximate surface area is 112 Å². The van der Waals surface area contributed by atoms with Gasteiger partial charge < -0.3 is 15.2 Å². The van der Waals surface area contributed by atoms with E-state index >= 15 is 0 Å². The highest BCUT2D eigenvalue weighted by Gasteiger charge is 2.17. The molecule has 1 atom stereocenters. The standard InChI is InChI=1S/C14H19NO4/c1-4-19-13-6-5-10(9(2)16)7-11(13)8-12(15)14(17)18-3/h5-7,12H,4,8,15H2,1-3H3. The number of esters is 1. The van der Waals surface area contributed by atoms with Crippen LogP contribution in [-0.2, 0) is 16.0 Å². The fourth-order valence-corrected chi connectivity index (χ4v) is 1.73. The van der Waals surface area contributed by atoms with Crippen LogP contribution in [0.15, 0.2) is 18.2 Å². The molecule has 0 aliphatic rings. The summed E-state index contributed by atoms with van der Waals surface area (Å²) in [5, 5.41) is 0. The van der Waals surface area contributed by atoms with Crippen LogP contribution in [0.3, 0.4) is 0 Å². The summed E-state index contributed by atoms with van der Waals surface area (Å²) in [5.41, 5.74) is 7.03. The van der Waals surface area contributed by atoms with Gasteiger partial charge in [0.15, 0.2) is 5.78 Å². The van der Waals surface area contributed by atoms with Crippen LogP contribution in [0.2, 0.25) is 0 Å². The maximum Gasteiger partial charge on any atom is 0.322 e. The van der Waals surface area contributed by atoms with Crippen molar-refractivity contribution in [3.63, 3.8) is 0 Å². The number of carbonyl (C=O) groups is 2. The third-order valence-electron chi connectivity index (χ3n) is 2.71. The molecule has 0 aliphatic heterocycles. The summed E-state index contributed by atoms with van der Waals surface area (Å²) in [7, 11) is 1.29. The molecule has 1 aromatic rings. The molecule has 0 bridgehead atoms. The summed E-state index contributed by atoms with van der Waals surface area (Å²) in [4.78, 5) is 22.7. The first-order chi connectivity index (χ1) is 8.99. The number of hydrogen-bond acceptors (Lipinski definition) is 5. The summed E-state index contributed by atoms with van der Waals surface area (Å²) >= 11 is 0. The summed E-state index contributed by atoms with van der Waals surface area (Å²) < 4.78 is 10.1. The molecular formula is C14H19NO4. The zero-order valence-corrected chi connectivity index (χ0v) is 11.4. The molecule has 0 radical (unpaired) electrons. The molecule has 0 spiro atoms. The maximum atomic E-state index is 11.4. The van der Waals surface area contributed by atoms with E-state index in [-0.39, 0.29) is 12.2 Å². The first-order valence-corrected chi connectivity index (χ1v) is 6.09. The zero-order chi connectivity index (χ0) is 14.4. The van der Waals surface area contributed by atoms with Crippen molar-refractivity contribution in [1.29, 1.82) is 0 Å². The number of hydrogen-bond donors (Lipinski definition) is 1. The van der Waals surface area contributed by atoms with E-state index in [1.54, 1.807) is 18.2 Å². The lowest BCUT2D eigenvalue weighted by Gasteiger charge is -2.14. The molecule has 0 fully saturated rings.